The van der Waals surface area contributed by atoms with Gasteiger partial charge in [0.05, 0.1) is 14.2 Å². The fourth-order valence-corrected chi connectivity index (χ4v) is 2.03. The monoisotopic (exact) mass is 350 g/mol. The zero-order valence-corrected chi connectivity index (χ0v) is 13.3. The van der Waals surface area contributed by atoms with Crippen molar-refractivity contribution in [1.82, 2.24) is 0 Å². The Morgan fingerprint density at radius 2 is 1.81 bits per heavy atom. The third-order valence-electron chi connectivity index (χ3n) is 2.90. The van der Waals surface area contributed by atoms with Gasteiger partial charge in [0, 0.05) is 10.5 Å². The minimum absolute atomic E-state index is 0.352. The summed E-state index contributed by atoms with van der Waals surface area (Å²) in [6.45, 7) is 0.352. The van der Waals surface area contributed by atoms with Crippen LogP contribution < -0.4 is 9.47 Å². The largest absolute Gasteiger partial charge is 0.497 e. The van der Waals surface area contributed by atoms with E-state index in [0.29, 0.717) is 23.7 Å². The molecule has 2 rings (SSSR count). The molecule has 0 radical (unpaired) electrons. The van der Waals surface area contributed by atoms with Crippen molar-refractivity contribution in [2.75, 3.05) is 14.2 Å². The van der Waals surface area contributed by atoms with Crippen LogP contribution in [0.1, 0.15) is 15.9 Å². The van der Waals surface area contributed by atoms with E-state index in [9.17, 15) is 4.79 Å². The molecule has 0 atom stereocenters. The van der Waals surface area contributed by atoms with Gasteiger partial charge < -0.3 is 14.2 Å². The molecule has 2 aromatic rings. The van der Waals surface area contributed by atoms with Gasteiger partial charge in [-0.25, -0.2) is 4.79 Å². The Bertz CT molecular complexity index is 623. The van der Waals surface area contributed by atoms with E-state index in [-0.39, 0.29) is 0 Å². The Morgan fingerprint density at radius 3 is 2.43 bits per heavy atom. The number of hydrogen-bond donors (Lipinski definition) is 0. The predicted molar refractivity (Wildman–Crippen MR) is 82.8 cm³/mol. The lowest BCUT2D eigenvalue weighted by molar-refractivity contribution is 0.0595. The van der Waals surface area contributed by atoms with Crippen molar-refractivity contribution in [1.29, 1.82) is 0 Å². The molecule has 0 aliphatic rings. The van der Waals surface area contributed by atoms with Gasteiger partial charge >= 0.3 is 5.97 Å². The molecule has 0 bridgehead atoms. The Kier molecular flexibility index (Phi) is 5.22. The van der Waals surface area contributed by atoms with Gasteiger partial charge in [-0.1, -0.05) is 28.1 Å². The summed E-state index contributed by atoms with van der Waals surface area (Å²) in [5.41, 5.74) is 1.37. The van der Waals surface area contributed by atoms with Gasteiger partial charge in [0.2, 0.25) is 0 Å². The lowest BCUT2D eigenvalue weighted by Crippen LogP contribution is -2.06. The molecule has 0 heterocycles. The van der Waals surface area contributed by atoms with E-state index in [0.717, 1.165) is 10.0 Å². The maximum absolute atomic E-state index is 11.7. The highest BCUT2D eigenvalue weighted by Gasteiger charge is 2.14. The Balaban J connectivity index is 2.20. The number of ether oxygens (including phenoxy) is 3. The topological polar surface area (TPSA) is 44.8 Å². The number of carbonyl (C=O) groups excluding carboxylic acids is 1. The summed E-state index contributed by atoms with van der Waals surface area (Å²) in [5.74, 6) is 0.612. The highest BCUT2D eigenvalue weighted by molar-refractivity contribution is 9.10. The van der Waals surface area contributed by atoms with E-state index >= 15 is 0 Å². The second-order valence-corrected chi connectivity index (χ2v) is 5.18. The molecule has 0 spiro atoms. The molecule has 5 heteroatoms. The highest BCUT2D eigenvalue weighted by atomic mass is 79.9. The van der Waals surface area contributed by atoms with Crippen molar-refractivity contribution < 1.29 is 19.0 Å². The normalized spacial score (nSPS) is 10.0. The number of halogens is 1. The van der Waals surface area contributed by atoms with Gasteiger partial charge in [-0.05, 0) is 29.8 Å². The third kappa shape index (κ3) is 3.98. The van der Waals surface area contributed by atoms with Crippen LogP contribution in [0.2, 0.25) is 0 Å². The number of rotatable bonds is 5. The average molecular weight is 351 g/mol. The molecule has 0 saturated carbocycles. The molecule has 4 nitrogen and oxygen atoms in total. The van der Waals surface area contributed by atoms with E-state index in [2.05, 4.69) is 15.9 Å². The summed E-state index contributed by atoms with van der Waals surface area (Å²) in [6, 6.07) is 12.8. The summed E-state index contributed by atoms with van der Waals surface area (Å²) in [5, 5.41) is 0. The summed E-state index contributed by atoms with van der Waals surface area (Å²) < 4.78 is 16.6. The van der Waals surface area contributed by atoms with Gasteiger partial charge in [0.15, 0.2) is 0 Å². The van der Waals surface area contributed by atoms with Gasteiger partial charge in [0.25, 0.3) is 0 Å². The van der Waals surface area contributed by atoms with Crippen molar-refractivity contribution >= 4 is 21.9 Å². The SMILES string of the molecule is COC(=O)c1ccc(OC)cc1OCc1ccc(Br)cc1. The molecular weight excluding hydrogens is 336 g/mol. The molecule has 2 aromatic carbocycles. The summed E-state index contributed by atoms with van der Waals surface area (Å²) in [4.78, 5) is 11.7. The van der Waals surface area contributed by atoms with Crippen molar-refractivity contribution in [3.63, 3.8) is 0 Å². The van der Waals surface area contributed by atoms with Crippen molar-refractivity contribution in [2.45, 2.75) is 6.61 Å². The van der Waals surface area contributed by atoms with Gasteiger partial charge in [-0.3, -0.25) is 0 Å². The van der Waals surface area contributed by atoms with Crippen LogP contribution in [0.25, 0.3) is 0 Å². The van der Waals surface area contributed by atoms with E-state index in [1.54, 1.807) is 25.3 Å². The quantitative estimate of drug-likeness (QED) is 0.769. The average Bonchev–Trinajstić information content (AvgIpc) is 2.53. The molecule has 110 valence electrons. The summed E-state index contributed by atoms with van der Waals surface area (Å²) >= 11 is 3.38. The van der Waals surface area contributed by atoms with Crippen LogP contribution in [0.4, 0.5) is 0 Å². The fourth-order valence-electron chi connectivity index (χ4n) is 1.77. The molecule has 0 unspecified atom stereocenters. The van der Waals surface area contributed by atoms with Gasteiger partial charge in [-0.15, -0.1) is 0 Å². The first-order chi connectivity index (χ1) is 10.1. The first kappa shape index (κ1) is 15.4. The zero-order valence-electron chi connectivity index (χ0n) is 11.8. The van der Waals surface area contributed by atoms with Crippen LogP contribution in [-0.4, -0.2) is 20.2 Å². The van der Waals surface area contributed by atoms with E-state index in [1.807, 2.05) is 24.3 Å². The van der Waals surface area contributed by atoms with Crippen LogP contribution >= 0.6 is 15.9 Å². The highest BCUT2D eigenvalue weighted by Crippen LogP contribution is 2.26. The number of methoxy groups -OCH3 is 2. The standard InChI is InChI=1S/C16H15BrO4/c1-19-13-7-8-14(16(18)20-2)15(9-13)21-10-11-3-5-12(17)6-4-11/h3-9H,10H2,1-2H3. The lowest BCUT2D eigenvalue weighted by Gasteiger charge is -2.12. The molecule has 0 aromatic heterocycles. The molecule has 0 N–H and O–H groups in total. The molecule has 0 saturated heterocycles. The van der Waals surface area contributed by atoms with E-state index < -0.39 is 5.97 Å². The zero-order chi connectivity index (χ0) is 15.2. The molecule has 0 amide bonds. The Labute approximate surface area is 131 Å². The molecule has 0 fully saturated rings. The smallest absolute Gasteiger partial charge is 0.341 e. The second kappa shape index (κ2) is 7.13. The number of carbonyl (C=O) groups is 1. The molecular formula is C16H15BrO4. The summed E-state index contributed by atoms with van der Waals surface area (Å²) in [6.07, 6.45) is 0. The van der Waals surface area contributed by atoms with E-state index in [1.165, 1.54) is 7.11 Å². The first-order valence-corrected chi connectivity index (χ1v) is 7.07. The van der Waals surface area contributed by atoms with Crippen LogP contribution in [-0.2, 0) is 11.3 Å². The molecule has 0 aliphatic heterocycles. The van der Waals surface area contributed by atoms with Crippen molar-refractivity contribution in [2.24, 2.45) is 0 Å². The van der Waals surface area contributed by atoms with Crippen LogP contribution in [0.15, 0.2) is 46.9 Å². The molecule has 21 heavy (non-hydrogen) atoms. The van der Waals surface area contributed by atoms with Crippen molar-refractivity contribution in [3.8, 4) is 11.5 Å². The Morgan fingerprint density at radius 1 is 1.10 bits per heavy atom. The Hall–Kier alpha value is -2.01. The number of esters is 1. The van der Waals surface area contributed by atoms with Crippen molar-refractivity contribution in [3.05, 3.63) is 58.1 Å². The van der Waals surface area contributed by atoms with Crippen LogP contribution in [0, 0.1) is 0 Å². The molecule has 0 aliphatic carbocycles. The number of benzene rings is 2. The maximum atomic E-state index is 11.7. The van der Waals surface area contributed by atoms with Gasteiger partial charge in [0.1, 0.15) is 23.7 Å². The fraction of sp³-hybridized carbons (Fsp3) is 0.188. The van der Waals surface area contributed by atoms with Crippen LogP contribution in [0.3, 0.4) is 0 Å². The first-order valence-electron chi connectivity index (χ1n) is 6.27. The van der Waals surface area contributed by atoms with Gasteiger partial charge in [-0.2, -0.15) is 0 Å². The predicted octanol–water partition coefficient (Wildman–Crippen LogP) is 3.82. The summed E-state index contributed by atoms with van der Waals surface area (Å²) in [7, 11) is 2.90. The minimum Gasteiger partial charge on any atom is -0.497 e. The number of hydrogen-bond acceptors (Lipinski definition) is 4. The third-order valence-corrected chi connectivity index (χ3v) is 3.43. The second-order valence-electron chi connectivity index (χ2n) is 4.27. The van der Waals surface area contributed by atoms with E-state index in [4.69, 9.17) is 14.2 Å². The lowest BCUT2D eigenvalue weighted by atomic mass is 10.2. The van der Waals surface area contributed by atoms with Crippen LogP contribution in [0.5, 0.6) is 11.5 Å². The maximum Gasteiger partial charge on any atom is 0.341 e. The minimum atomic E-state index is -0.441.